The number of nitrogens with one attached hydrogen (secondary N) is 3. The van der Waals surface area contributed by atoms with Crippen LogP contribution < -0.4 is 20.9 Å². The number of rotatable bonds is 8. The van der Waals surface area contributed by atoms with Gasteiger partial charge in [0.15, 0.2) is 0 Å². The normalized spacial score (nSPS) is 17.6. The molecule has 0 aliphatic carbocycles. The molecule has 1 aromatic carbocycles. The Labute approximate surface area is 165 Å². The summed E-state index contributed by atoms with van der Waals surface area (Å²) in [5.74, 6) is -0.382. The van der Waals surface area contributed by atoms with E-state index in [0.717, 1.165) is 12.8 Å². The monoisotopic (exact) mass is 412 g/mol. The summed E-state index contributed by atoms with van der Waals surface area (Å²) in [5.41, 5.74) is 5.32. The lowest BCUT2D eigenvalue weighted by Crippen LogP contribution is -2.56. The number of carbonyl (C=O) groups excluding carboxylic acids is 2. The van der Waals surface area contributed by atoms with Crippen molar-refractivity contribution in [3.05, 3.63) is 24.3 Å². The van der Waals surface area contributed by atoms with E-state index < -0.39 is 27.9 Å². The van der Waals surface area contributed by atoms with Crippen LogP contribution in [0.4, 0.5) is 5.69 Å². The molecule has 1 aliphatic heterocycles. The average molecular weight is 413 g/mol. The van der Waals surface area contributed by atoms with Crippen molar-refractivity contribution in [1.82, 2.24) is 15.2 Å². The van der Waals surface area contributed by atoms with Crippen LogP contribution in [-0.4, -0.2) is 56.5 Å². The second-order valence-corrected chi connectivity index (χ2v) is 8.57. The van der Waals surface area contributed by atoms with Crippen molar-refractivity contribution in [3.63, 3.8) is 0 Å². The van der Waals surface area contributed by atoms with Gasteiger partial charge in [-0.05, 0) is 31.4 Å². The third kappa shape index (κ3) is 5.83. The average Bonchev–Trinajstić information content (AvgIpc) is 2.70. The number of para-hydroxylation sites is 2. The molecule has 0 saturated carbocycles. The van der Waals surface area contributed by atoms with Gasteiger partial charge in [-0.3, -0.25) is 20.4 Å². The number of benzene rings is 1. The van der Waals surface area contributed by atoms with Gasteiger partial charge in [-0.15, -0.1) is 0 Å². The third-order valence-electron chi connectivity index (χ3n) is 4.45. The molecular formula is C18H28N4O5S. The van der Waals surface area contributed by atoms with Crippen LogP contribution in [0, 0.1) is 0 Å². The number of hydrogen-bond acceptors (Lipinski definition) is 6. The van der Waals surface area contributed by atoms with Gasteiger partial charge < -0.3 is 10.1 Å². The SMILES string of the molecule is CCCS(=O)(=O)N1CCCCC1C(=O)NNC(=O)CNc1ccccc1OC. The summed E-state index contributed by atoms with van der Waals surface area (Å²) >= 11 is 0. The maximum atomic E-state index is 12.5. The molecule has 1 aliphatic rings. The van der Waals surface area contributed by atoms with Gasteiger partial charge in [-0.25, -0.2) is 8.42 Å². The maximum Gasteiger partial charge on any atom is 0.257 e. The van der Waals surface area contributed by atoms with Crippen LogP contribution in [0.15, 0.2) is 24.3 Å². The minimum Gasteiger partial charge on any atom is -0.495 e. The van der Waals surface area contributed by atoms with Crippen LogP contribution in [0.1, 0.15) is 32.6 Å². The number of nitrogens with zero attached hydrogens (tertiary/aromatic N) is 1. The Bertz CT molecular complexity index is 784. The van der Waals surface area contributed by atoms with Crippen molar-refractivity contribution in [1.29, 1.82) is 0 Å². The van der Waals surface area contributed by atoms with Gasteiger partial charge in [0.2, 0.25) is 10.0 Å². The molecule has 0 bridgehead atoms. The first-order valence-corrected chi connectivity index (χ1v) is 10.9. The summed E-state index contributed by atoms with van der Waals surface area (Å²) < 4.78 is 31.2. The molecule has 10 heteroatoms. The van der Waals surface area contributed by atoms with Crippen LogP contribution in [0.2, 0.25) is 0 Å². The minimum absolute atomic E-state index is 0.00592. The van der Waals surface area contributed by atoms with Crippen LogP contribution in [0.25, 0.3) is 0 Å². The van der Waals surface area contributed by atoms with Gasteiger partial charge in [0, 0.05) is 6.54 Å². The highest BCUT2D eigenvalue weighted by Gasteiger charge is 2.36. The third-order valence-corrected chi connectivity index (χ3v) is 6.52. The van der Waals surface area contributed by atoms with E-state index in [4.69, 9.17) is 4.74 Å². The Morgan fingerprint density at radius 3 is 2.68 bits per heavy atom. The van der Waals surface area contributed by atoms with Gasteiger partial charge in [0.05, 0.1) is 25.1 Å². The number of piperidine rings is 1. The molecular weight excluding hydrogens is 384 g/mol. The van der Waals surface area contributed by atoms with E-state index in [1.54, 1.807) is 25.1 Å². The molecule has 1 fully saturated rings. The van der Waals surface area contributed by atoms with Gasteiger partial charge in [-0.2, -0.15) is 4.31 Å². The van der Waals surface area contributed by atoms with E-state index in [-0.39, 0.29) is 12.3 Å². The largest absolute Gasteiger partial charge is 0.495 e. The zero-order valence-electron chi connectivity index (χ0n) is 16.2. The lowest BCUT2D eigenvalue weighted by molar-refractivity contribution is -0.131. The molecule has 2 amide bonds. The first-order valence-electron chi connectivity index (χ1n) is 9.34. The first kappa shape index (κ1) is 22.0. The fraction of sp³-hybridized carbons (Fsp3) is 0.556. The molecule has 1 unspecified atom stereocenters. The highest BCUT2D eigenvalue weighted by molar-refractivity contribution is 7.89. The number of anilines is 1. The van der Waals surface area contributed by atoms with Crippen LogP contribution in [0.3, 0.4) is 0 Å². The van der Waals surface area contributed by atoms with Gasteiger partial charge in [-0.1, -0.05) is 25.5 Å². The van der Waals surface area contributed by atoms with Crippen molar-refractivity contribution in [3.8, 4) is 5.75 Å². The molecule has 0 spiro atoms. The Kier molecular flexibility index (Phi) is 8.06. The zero-order valence-corrected chi connectivity index (χ0v) is 17.0. The summed E-state index contributed by atoms with van der Waals surface area (Å²) in [4.78, 5) is 24.5. The van der Waals surface area contributed by atoms with Crippen molar-refractivity contribution < 1.29 is 22.7 Å². The van der Waals surface area contributed by atoms with E-state index in [0.29, 0.717) is 30.8 Å². The first-order chi connectivity index (χ1) is 13.4. The van der Waals surface area contributed by atoms with Crippen molar-refractivity contribution in [2.24, 2.45) is 0 Å². The number of amides is 2. The molecule has 156 valence electrons. The van der Waals surface area contributed by atoms with Crippen molar-refractivity contribution in [2.45, 2.75) is 38.6 Å². The molecule has 0 aromatic heterocycles. The fourth-order valence-electron chi connectivity index (χ4n) is 3.10. The van der Waals surface area contributed by atoms with E-state index in [9.17, 15) is 18.0 Å². The van der Waals surface area contributed by atoms with E-state index >= 15 is 0 Å². The quantitative estimate of drug-likeness (QED) is 0.545. The number of carbonyl (C=O) groups is 2. The lowest BCUT2D eigenvalue weighted by Gasteiger charge is -2.33. The van der Waals surface area contributed by atoms with E-state index in [2.05, 4.69) is 16.2 Å². The van der Waals surface area contributed by atoms with E-state index in [1.165, 1.54) is 11.4 Å². The fourth-order valence-corrected chi connectivity index (χ4v) is 4.85. The second-order valence-electron chi connectivity index (χ2n) is 6.53. The van der Waals surface area contributed by atoms with Crippen LogP contribution in [0.5, 0.6) is 5.75 Å². The summed E-state index contributed by atoms with van der Waals surface area (Å²) in [6.45, 7) is 2.03. The lowest BCUT2D eigenvalue weighted by atomic mass is 10.0. The molecule has 1 aromatic rings. The van der Waals surface area contributed by atoms with Gasteiger partial charge in [0.25, 0.3) is 11.8 Å². The highest BCUT2D eigenvalue weighted by Crippen LogP contribution is 2.23. The molecule has 1 heterocycles. The van der Waals surface area contributed by atoms with Crippen LogP contribution in [-0.2, 0) is 19.6 Å². The Balaban J connectivity index is 1.88. The minimum atomic E-state index is -3.49. The molecule has 0 radical (unpaired) electrons. The smallest absolute Gasteiger partial charge is 0.257 e. The van der Waals surface area contributed by atoms with E-state index in [1.807, 2.05) is 6.07 Å². The van der Waals surface area contributed by atoms with Crippen molar-refractivity contribution >= 4 is 27.5 Å². The second kappa shape index (κ2) is 10.3. The molecule has 3 N–H and O–H groups in total. The highest BCUT2D eigenvalue weighted by atomic mass is 32.2. The van der Waals surface area contributed by atoms with Crippen molar-refractivity contribution in [2.75, 3.05) is 31.3 Å². The summed E-state index contributed by atoms with van der Waals surface area (Å²) in [6, 6.07) is 6.35. The number of sulfonamides is 1. The molecule has 2 rings (SSSR count). The maximum absolute atomic E-state index is 12.5. The number of hydrazine groups is 1. The number of hydrogen-bond donors (Lipinski definition) is 3. The predicted molar refractivity (Wildman–Crippen MR) is 106 cm³/mol. The topological polar surface area (TPSA) is 117 Å². The Hall–Kier alpha value is -2.33. The zero-order chi connectivity index (χ0) is 20.6. The predicted octanol–water partition coefficient (Wildman–Crippen LogP) is 0.849. The Morgan fingerprint density at radius 1 is 1.21 bits per heavy atom. The molecule has 9 nitrogen and oxygen atoms in total. The summed E-state index contributed by atoms with van der Waals surface area (Å²) in [7, 11) is -1.96. The number of ether oxygens (including phenoxy) is 1. The standard InChI is InChI=1S/C18H28N4O5S/c1-3-12-28(25,26)22-11-7-6-9-15(22)18(24)21-20-17(23)13-19-14-8-4-5-10-16(14)27-2/h4-5,8,10,15,19H,3,6-7,9,11-13H2,1-2H3,(H,20,23)(H,21,24). The van der Waals surface area contributed by atoms with Crippen LogP contribution >= 0.6 is 0 Å². The molecule has 1 atom stereocenters. The molecule has 28 heavy (non-hydrogen) atoms. The van der Waals surface area contributed by atoms with Gasteiger partial charge in [0.1, 0.15) is 11.8 Å². The summed E-state index contributed by atoms with van der Waals surface area (Å²) in [6.07, 6.45) is 2.41. The number of methoxy groups -OCH3 is 1. The summed E-state index contributed by atoms with van der Waals surface area (Å²) in [5, 5.41) is 2.92. The van der Waals surface area contributed by atoms with Gasteiger partial charge >= 0.3 is 0 Å². The molecule has 1 saturated heterocycles. The Morgan fingerprint density at radius 2 is 1.96 bits per heavy atom.